The largest absolute Gasteiger partial charge is 0.508 e. The molecular formula is C122H150F5N7O14. The Morgan fingerprint density at radius 3 is 0.973 bits per heavy atom. The first kappa shape index (κ1) is 114. The highest BCUT2D eigenvalue weighted by Gasteiger charge is 2.29. The molecule has 1 aromatic heterocycles. The minimum absolute atomic E-state index is 0.0644. The van der Waals surface area contributed by atoms with Crippen molar-refractivity contribution in [3.05, 3.63) is 382 Å². The summed E-state index contributed by atoms with van der Waals surface area (Å²) in [4.78, 5) is 17.9. The zero-order chi connectivity index (χ0) is 105. The number of halogens is 5. The fraction of sp³-hybridized carbons (Fsp3) is 0.418. The number of benzene rings is 11. The van der Waals surface area contributed by atoms with Crippen LogP contribution >= 0.6 is 0 Å². The third-order valence-electron chi connectivity index (χ3n) is 29.3. The number of nitrogens with zero attached hydrogens (tertiary/aromatic N) is 7. The molecule has 0 aliphatic carbocycles. The Hall–Kier alpha value is -11.5. The monoisotopic (exact) mass is 2030 g/mol. The molecule has 0 saturated carbocycles. The van der Waals surface area contributed by atoms with Crippen molar-refractivity contribution >= 4 is 0 Å². The van der Waals surface area contributed by atoms with E-state index in [1.807, 2.05) is 126 Å². The summed E-state index contributed by atoms with van der Waals surface area (Å²) in [5, 5.41) is 120. The number of rotatable bonds is 30. The molecule has 11 aromatic carbocycles. The Kier molecular flexibility index (Phi) is 44.1. The quantitative estimate of drug-likeness (QED) is 0.0147. The number of aromatic hydroxyl groups is 6. The number of aryl methyl sites for hydroxylation is 6. The van der Waals surface area contributed by atoms with Crippen LogP contribution in [0.3, 0.4) is 0 Å². The lowest BCUT2D eigenvalue weighted by Gasteiger charge is -2.22. The molecule has 0 spiro atoms. The minimum Gasteiger partial charge on any atom is -0.508 e. The van der Waals surface area contributed by atoms with Crippen molar-refractivity contribution in [2.24, 2.45) is 0 Å². The van der Waals surface area contributed by atoms with Gasteiger partial charge in [0.25, 0.3) is 0 Å². The average molecular weight is 2030 g/mol. The number of hydrogen-bond acceptors (Lipinski definition) is 21. The second kappa shape index (κ2) is 57.5. The number of pyridine rings is 1. The van der Waals surface area contributed by atoms with Gasteiger partial charge in [0, 0.05) is 97.3 Å². The van der Waals surface area contributed by atoms with Gasteiger partial charge in [-0.05, 0) is 415 Å². The number of aliphatic hydroxyl groups is 6. The average Bonchev–Trinajstić information content (AvgIpc) is 1.72. The molecule has 6 aliphatic heterocycles. The van der Waals surface area contributed by atoms with Gasteiger partial charge in [0.1, 0.15) is 63.6 Å². The molecule has 7 heterocycles. The molecule has 0 saturated heterocycles. The normalized spacial score (nSPS) is 18.0. The molecular weight excluding hydrogens is 1880 g/mol. The minimum atomic E-state index is -0.555. The van der Waals surface area contributed by atoms with Crippen molar-refractivity contribution in [2.45, 2.75) is 200 Å². The number of ether oxygens (including phenoxy) is 2. The van der Waals surface area contributed by atoms with Crippen LogP contribution in [0.1, 0.15) is 216 Å². The van der Waals surface area contributed by atoms with Gasteiger partial charge in [0.05, 0.1) is 68.7 Å². The fourth-order valence-corrected chi connectivity index (χ4v) is 20.4. The van der Waals surface area contributed by atoms with Gasteiger partial charge < -0.3 is 90.4 Å². The van der Waals surface area contributed by atoms with Gasteiger partial charge in [-0.15, -0.1) is 0 Å². The Morgan fingerprint density at radius 1 is 0.284 bits per heavy atom. The number of phenols is 6. The van der Waals surface area contributed by atoms with Crippen LogP contribution in [0.5, 0.6) is 34.5 Å². The van der Waals surface area contributed by atoms with E-state index in [2.05, 4.69) is 34.4 Å². The predicted molar refractivity (Wildman–Crippen MR) is 570 cm³/mol. The van der Waals surface area contributed by atoms with Gasteiger partial charge in [0.15, 0.2) is 0 Å². The molecule has 26 heteroatoms. The Bertz CT molecular complexity index is 5930. The molecule has 0 fully saturated rings. The number of fused-ring (bicyclic) bond motifs is 6. The van der Waals surface area contributed by atoms with Crippen LogP contribution in [0.25, 0.3) is 0 Å². The van der Waals surface area contributed by atoms with Gasteiger partial charge >= 0.3 is 0 Å². The van der Waals surface area contributed by atoms with Crippen LogP contribution in [0, 0.1) is 63.7 Å². The Morgan fingerprint density at radius 2 is 0.608 bits per heavy atom. The molecule has 792 valence electrons. The fourth-order valence-electron chi connectivity index (χ4n) is 20.4. The maximum Gasteiger partial charge on any atom is 0.129 e. The lowest BCUT2D eigenvalue weighted by molar-refractivity contribution is 0.0686. The van der Waals surface area contributed by atoms with Crippen molar-refractivity contribution in [1.82, 2.24) is 34.4 Å². The van der Waals surface area contributed by atoms with E-state index in [1.165, 1.54) is 35.9 Å². The summed E-state index contributed by atoms with van der Waals surface area (Å²) < 4.78 is 78.5. The third-order valence-corrected chi connectivity index (χ3v) is 29.3. The lowest BCUT2D eigenvalue weighted by Crippen LogP contribution is -2.31. The van der Waals surface area contributed by atoms with Crippen molar-refractivity contribution in [1.29, 1.82) is 0 Å². The highest BCUT2D eigenvalue weighted by atomic mass is 19.1. The molecule has 148 heavy (non-hydrogen) atoms. The molecule has 21 nitrogen and oxygen atoms in total. The van der Waals surface area contributed by atoms with Gasteiger partial charge in [-0.2, -0.15) is 0 Å². The van der Waals surface area contributed by atoms with Crippen LogP contribution in [0.4, 0.5) is 22.0 Å². The Balaban J connectivity index is 0.000000148. The molecule has 6 atom stereocenters. The second-order valence-corrected chi connectivity index (χ2v) is 40.2. The molecule has 12 N–H and O–H groups in total. The van der Waals surface area contributed by atoms with E-state index in [0.29, 0.717) is 65.7 Å². The molecule has 12 aromatic rings. The zero-order valence-electron chi connectivity index (χ0n) is 86.3. The maximum absolute atomic E-state index is 14.3. The number of unbranched alkanes of at least 4 members (excludes halogenated alkanes) is 4. The standard InChI is InChI=1S/2C22H28FNO2.2C20H24FNO2.C19H22FNO3.C19H24N2O3/c1-15-16(2)21(23)9-6-17(15)5-3-4-11-24-12-10-18-13-19(25)7-8-20(18)22(26)14-24;1-15-6-7-17(22(23)16(15)2)5-3-4-11-24-12-10-18-13-19(25)8-9-20(18)21(26)14-24;21-19-7-2-1-5-15(19)6-3-4-11-22-12-10-16-13-17(23)8-9-18(16)20(24)14-22;21-17-6-4-15(5-7-17)3-1-2-11-22-12-10-16-13-18(23)8-9-19(16)20(24)14-22;20-16-3-1-14(2-4-16)13-24-10-9-21-8-7-15-11-17(22)5-6-18(15)19(23)12-21;1-14-3-2-4-16(20-14)13-24-10-9-21-8-7-15-11-17(22)5-6-18(15)19(23)12-21/h6-9,13,22,25-26H,3-5,10-12,14H2,1-2H3;6-9,13,21,25-26H,3-5,10-12,14H2,1-2H3;1-2,5,7-9,13,20,23-24H,3-4,6,10-12,14H2;4-9,13,20,23-24H,1-3,10-12,14H2;1-6,11,19,22-23H,7-10,12-13H2;2-6,11,19,22-23H,7-10,12-13H2,1H3. The molecule has 0 bridgehead atoms. The van der Waals surface area contributed by atoms with Crippen LogP contribution in [0.15, 0.2) is 224 Å². The number of hydrogen-bond donors (Lipinski definition) is 12. The summed E-state index contributed by atoms with van der Waals surface area (Å²) in [5.41, 5.74) is 22.0. The van der Waals surface area contributed by atoms with Crippen LogP contribution in [-0.2, 0) is 86.9 Å². The highest BCUT2D eigenvalue weighted by Crippen LogP contribution is 2.36. The summed E-state index contributed by atoms with van der Waals surface area (Å²) in [6, 6.07) is 64.4. The molecule has 0 amide bonds. The molecule has 18 rings (SSSR count). The van der Waals surface area contributed by atoms with Crippen LogP contribution in [-0.4, -0.2) is 227 Å². The number of phenolic OH excluding ortho intramolecular Hbond substituents is 6. The zero-order valence-corrected chi connectivity index (χ0v) is 86.3. The van der Waals surface area contributed by atoms with E-state index in [0.717, 1.165) is 317 Å². The summed E-state index contributed by atoms with van der Waals surface area (Å²) in [6.45, 7) is 25.6. The first-order valence-corrected chi connectivity index (χ1v) is 52.5. The van der Waals surface area contributed by atoms with Crippen molar-refractivity contribution in [3.63, 3.8) is 0 Å². The van der Waals surface area contributed by atoms with E-state index in [9.17, 15) is 83.2 Å². The summed E-state index contributed by atoms with van der Waals surface area (Å²) in [6.07, 6.45) is 13.2. The summed E-state index contributed by atoms with van der Waals surface area (Å²) in [7, 11) is 0. The molecule has 6 aliphatic rings. The summed E-state index contributed by atoms with van der Waals surface area (Å²) in [5.74, 6) is 0.743. The first-order chi connectivity index (χ1) is 71.4. The third kappa shape index (κ3) is 35.0. The van der Waals surface area contributed by atoms with Gasteiger partial charge in [-0.25, -0.2) is 22.0 Å². The van der Waals surface area contributed by atoms with E-state index < -0.39 is 36.6 Å². The van der Waals surface area contributed by atoms with Gasteiger partial charge in [-0.1, -0.05) is 103 Å². The van der Waals surface area contributed by atoms with E-state index in [-0.39, 0.29) is 63.6 Å². The highest BCUT2D eigenvalue weighted by molar-refractivity contribution is 5.44. The van der Waals surface area contributed by atoms with Crippen molar-refractivity contribution < 1.29 is 92.7 Å². The second-order valence-electron chi connectivity index (χ2n) is 40.2. The van der Waals surface area contributed by atoms with Crippen molar-refractivity contribution in [2.75, 3.05) is 131 Å². The smallest absolute Gasteiger partial charge is 0.129 e. The first-order valence-electron chi connectivity index (χ1n) is 52.5. The topological polar surface area (TPSA) is 294 Å². The van der Waals surface area contributed by atoms with Gasteiger partial charge in [0.2, 0.25) is 0 Å². The number of aromatic nitrogens is 1. The maximum atomic E-state index is 14.3. The van der Waals surface area contributed by atoms with Crippen molar-refractivity contribution in [3.8, 4) is 34.5 Å². The molecule has 6 unspecified atom stereocenters. The van der Waals surface area contributed by atoms with Crippen LogP contribution in [0.2, 0.25) is 0 Å². The SMILES string of the molecule is Cc1c(F)ccc(CCCCN2CCc3cc(O)ccc3C(O)C2)c1C.Cc1ccc(CCCCN2CCc3cc(O)ccc3C(O)C2)c(F)c1C.Cc1cccc(COCCN2CCc3cc(O)ccc3C(O)C2)n1.Oc1ccc2c(c1)CCN(CCCCc1ccc(F)cc1)CC2O.Oc1ccc2c(c1)CCN(CCCCc1ccccc1F)CC2O.Oc1ccc2c(c1)CCN(CCOCc1ccc(F)cc1)CC2O. The van der Waals surface area contributed by atoms with Crippen LogP contribution < -0.4 is 0 Å². The number of β-amino-alcohol motifs (C(OH)–C–C–N with tert-alkyl or cyclic N) is 6. The lowest BCUT2D eigenvalue weighted by atomic mass is 9.98. The van der Waals surface area contributed by atoms with E-state index >= 15 is 0 Å². The molecule has 0 radical (unpaired) electrons. The number of aliphatic hydroxyl groups excluding tert-OH is 6. The van der Waals surface area contributed by atoms with E-state index in [4.69, 9.17) is 9.47 Å². The van der Waals surface area contributed by atoms with E-state index in [1.54, 1.807) is 103 Å². The Labute approximate surface area is 869 Å². The summed E-state index contributed by atoms with van der Waals surface area (Å²) >= 11 is 0. The van der Waals surface area contributed by atoms with Gasteiger partial charge in [-0.3, -0.25) is 14.8 Å². The predicted octanol–water partition coefficient (Wildman–Crippen LogP) is 19.9.